The highest BCUT2D eigenvalue weighted by molar-refractivity contribution is 7.91. The Kier molecular flexibility index (Phi) is 4.38. The Labute approximate surface area is 126 Å². The van der Waals surface area contributed by atoms with Gasteiger partial charge in [0.05, 0.1) is 4.92 Å². The van der Waals surface area contributed by atoms with E-state index >= 15 is 0 Å². The standard InChI is InChI=1S/C11H15ClN2O4S2/c1-7-4-3-5-8(2)13(7)20(17,18)10-6-9(14(15)16)11(12)19-10/h6-8H,3-5H2,1-2H3. The molecule has 0 aromatic carbocycles. The third-order valence-electron chi connectivity index (χ3n) is 3.49. The first-order valence-electron chi connectivity index (χ1n) is 6.22. The van der Waals surface area contributed by atoms with Gasteiger partial charge in [0.2, 0.25) is 0 Å². The zero-order valence-corrected chi connectivity index (χ0v) is 13.5. The van der Waals surface area contributed by atoms with Gasteiger partial charge in [-0.2, -0.15) is 4.31 Å². The Morgan fingerprint density at radius 3 is 2.40 bits per heavy atom. The van der Waals surface area contributed by atoms with Crippen LogP contribution < -0.4 is 0 Å². The summed E-state index contributed by atoms with van der Waals surface area (Å²) < 4.78 is 26.6. The van der Waals surface area contributed by atoms with Gasteiger partial charge in [-0.15, -0.1) is 11.3 Å². The minimum Gasteiger partial charge on any atom is -0.258 e. The smallest absolute Gasteiger partial charge is 0.258 e. The van der Waals surface area contributed by atoms with Crippen molar-refractivity contribution in [2.75, 3.05) is 0 Å². The van der Waals surface area contributed by atoms with Crippen molar-refractivity contribution in [2.45, 2.75) is 49.4 Å². The van der Waals surface area contributed by atoms with Crippen molar-refractivity contribution in [2.24, 2.45) is 0 Å². The van der Waals surface area contributed by atoms with E-state index in [0.717, 1.165) is 36.7 Å². The molecule has 2 unspecified atom stereocenters. The van der Waals surface area contributed by atoms with Crippen LogP contribution in [0.5, 0.6) is 0 Å². The molecule has 0 spiro atoms. The van der Waals surface area contributed by atoms with Crippen LogP contribution in [0.15, 0.2) is 10.3 Å². The zero-order chi connectivity index (χ0) is 15.1. The molecule has 0 N–H and O–H groups in total. The SMILES string of the molecule is CC1CCCC(C)N1S(=O)(=O)c1cc([N+](=O)[O-])c(Cl)s1. The van der Waals surface area contributed by atoms with Crippen LogP contribution in [0.25, 0.3) is 0 Å². The first kappa shape index (κ1) is 15.7. The number of rotatable bonds is 3. The molecule has 20 heavy (non-hydrogen) atoms. The van der Waals surface area contributed by atoms with Gasteiger partial charge in [0.1, 0.15) is 4.21 Å². The zero-order valence-electron chi connectivity index (χ0n) is 11.1. The van der Waals surface area contributed by atoms with Crippen LogP contribution >= 0.6 is 22.9 Å². The summed E-state index contributed by atoms with van der Waals surface area (Å²) in [5, 5.41) is 10.8. The second-order valence-corrected chi connectivity index (χ2v) is 8.67. The number of halogens is 1. The maximum atomic E-state index is 12.7. The van der Waals surface area contributed by atoms with Gasteiger partial charge >= 0.3 is 0 Å². The Bertz CT molecular complexity index is 618. The van der Waals surface area contributed by atoms with E-state index in [1.807, 2.05) is 13.8 Å². The number of sulfonamides is 1. The van der Waals surface area contributed by atoms with E-state index in [0.29, 0.717) is 0 Å². The van der Waals surface area contributed by atoms with E-state index in [4.69, 9.17) is 11.6 Å². The van der Waals surface area contributed by atoms with Crippen molar-refractivity contribution < 1.29 is 13.3 Å². The number of nitro groups is 1. The molecule has 0 amide bonds. The van der Waals surface area contributed by atoms with Gasteiger partial charge in [0.15, 0.2) is 4.34 Å². The summed E-state index contributed by atoms with van der Waals surface area (Å²) in [5.74, 6) is 0. The molecule has 6 nitrogen and oxygen atoms in total. The summed E-state index contributed by atoms with van der Waals surface area (Å²) in [6, 6.07) is 0.837. The fraction of sp³-hybridized carbons (Fsp3) is 0.636. The molecule has 1 aliphatic heterocycles. The molecule has 1 aromatic heterocycles. The predicted octanol–water partition coefficient (Wildman–Crippen LogP) is 3.26. The quantitative estimate of drug-likeness (QED) is 0.625. The molecule has 2 heterocycles. The maximum Gasteiger partial charge on any atom is 0.300 e. The van der Waals surface area contributed by atoms with Crippen LogP contribution in [0, 0.1) is 10.1 Å². The highest BCUT2D eigenvalue weighted by Crippen LogP contribution is 2.39. The van der Waals surface area contributed by atoms with Crippen molar-refractivity contribution in [3.8, 4) is 0 Å². The third-order valence-corrected chi connectivity index (χ3v) is 7.40. The van der Waals surface area contributed by atoms with Crippen molar-refractivity contribution in [3.63, 3.8) is 0 Å². The van der Waals surface area contributed by atoms with E-state index in [9.17, 15) is 18.5 Å². The van der Waals surface area contributed by atoms with Crippen LogP contribution in [0.3, 0.4) is 0 Å². The summed E-state index contributed by atoms with van der Waals surface area (Å²) in [7, 11) is -3.73. The molecule has 0 bridgehead atoms. The molecule has 1 saturated heterocycles. The lowest BCUT2D eigenvalue weighted by Gasteiger charge is -2.37. The minimum absolute atomic E-state index is 0.0604. The molecule has 0 aliphatic carbocycles. The highest BCUT2D eigenvalue weighted by atomic mass is 35.5. The fourth-order valence-corrected chi connectivity index (χ4v) is 6.22. The fourth-order valence-electron chi connectivity index (χ4n) is 2.57. The molecule has 0 radical (unpaired) electrons. The number of piperidine rings is 1. The van der Waals surface area contributed by atoms with Crippen LogP contribution in [0.4, 0.5) is 5.69 Å². The molecular formula is C11H15ClN2O4S2. The molecule has 2 atom stereocenters. The van der Waals surface area contributed by atoms with Crippen LogP contribution in [0.1, 0.15) is 33.1 Å². The van der Waals surface area contributed by atoms with E-state index in [-0.39, 0.29) is 26.3 Å². The Hall–Kier alpha value is -0.700. The van der Waals surface area contributed by atoms with Gasteiger partial charge in [0, 0.05) is 18.2 Å². The Morgan fingerprint density at radius 2 is 1.95 bits per heavy atom. The van der Waals surface area contributed by atoms with Crippen LogP contribution in [-0.2, 0) is 10.0 Å². The summed E-state index contributed by atoms with van der Waals surface area (Å²) >= 11 is 6.49. The third kappa shape index (κ3) is 2.69. The lowest BCUT2D eigenvalue weighted by atomic mass is 10.0. The van der Waals surface area contributed by atoms with Gasteiger partial charge in [-0.05, 0) is 26.7 Å². The van der Waals surface area contributed by atoms with Crippen LogP contribution in [0.2, 0.25) is 4.34 Å². The first-order chi connectivity index (χ1) is 9.25. The lowest BCUT2D eigenvalue weighted by molar-refractivity contribution is -0.384. The average Bonchev–Trinajstić information content (AvgIpc) is 2.71. The number of nitrogens with zero attached hydrogens (tertiary/aromatic N) is 2. The number of hydrogen-bond donors (Lipinski definition) is 0. The summed E-state index contributed by atoms with van der Waals surface area (Å²) in [6.45, 7) is 3.72. The van der Waals surface area contributed by atoms with Gasteiger partial charge in [-0.25, -0.2) is 8.42 Å². The van der Waals surface area contributed by atoms with Gasteiger partial charge in [0.25, 0.3) is 15.7 Å². The maximum absolute atomic E-state index is 12.7. The largest absolute Gasteiger partial charge is 0.300 e. The Morgan fingerprint density at radius 1 is 1.40 bits per heavy atom. The molecule has 1 fully saturated rings. The molecule has 0 saturated carbocycles. The molecule has 1 aromatic rings. The highest BCUT2D eigenvalue weighted by Gasteiger charge is 2.38. The normalized spacial score (nSPS) is 24.8. The minimum atomic E-state index is -3.73. The van der Waals surface area contributed by atoms with Gasteiger partial charge < -0.3 is 0 Å². The second-order valence-electron chi connectivity index (χ2n) is 4.95. The van der Waals surface area contributed by atoms with Crippen LogP contribution in [-0.4, -0.2) is 29.7 Å². The molecular weight excluding hydrogens is 324 g/mol. The van der Waals surface area contributed by atoms with Gasteiger partial charge in [-0.3, -0.25) is 10.1 Å². The lowest BCUT2D eigenvalue weighted by Crippen LogP contribution is -2.47. The van der Waals surface area contributed by atoms with E-state index in [1.54, 1.807) is 0 Å². The van der Waals surface area contributed by atoms with E-state index in [2.05, 4.69) is 0 Å². The Balaban J connectivity index is 2.44. The summed E-state index contributed by atoms with van der Waals surface area (Å²) in [6.07, 6.45) is 2.58. The number of hydrogen-bond acceptors (Lipinski definition) is 5. The second kappa shape index (κ2) is 5.59. The monoisotopic (exact) mass is 338 g/mol. The van der Waals surface area contributed by atoms with Gasteiger partial charge in [-0.1, -0.05) is 18.0 Å². The van der Waals surface area contributed by atoms with Crippen molar-refractivity contribution in [3.05, 3.63) is 20.5 Å². The van der Waals surface area contributed by atoms with Crippen molar-refractivity contribution in [1.29, 1.82) is 0 Å². The molecule has 1 aliphatic rings. The number of thiophene rings is 1. The molecule has 9 heteroatoms. The molecule has 2 rings (SSSR count). The summed E-state index contributed by atoms with van der Waals surface area (Å²) in [4.78, 5) is 10.1. The first-order valence-corrected chi connectivity index (χ1v) is 8.86. The molecule has 112 valence electrons. The predicted molar refractivity (Wildman–Crippen MR) is 77.8 cm³/mol. The van der Waals surface area contributed by atoms with Crippen molar-refractivity contribution in [1.82, 2.24) is 4.31 Å². The topological polar surface area (TPSA) is 80.5 Å². The van der Waals surface area contributed by atoms with E-state index in [1.165, 1.54) is 4.31 Å². The van der Waals surface area contributed by atoms with E-state index < -0.39 is 14.9 Å². The average molecular weight is 339 g/mol. The summed E-state index contributed by atoms with van der Waals surface area (Å²) in [5.41, 5.74) is -0.354. The van der Waals surface area contributed by atoms with Crippen molar-refractivity contribution >= 4 is 38.6 Å².